The zero-order valence-electron chi connectivity index (χ0n) is 10.1. The van der Waals surface area contributed by atoms with E-state index < -0.39 is 11.1 Å². The summed E-state index contributed by atoms with van der Waals surface area (Å²) in [5, 5.41) is 0. The Balaban J connectivity index is 3.28. The van der Waals surface area contributed by atoms with Gasteiger partial charge >= 0.3 is 5.97 Å². The standard InChI is InChI=1S/C11H22O4S/c1-10(2)6-5-8-15-11(12)7-3-4-9-16(13)14/h10H,3-9H2,1-2H3,(H,13,14)/p-1. The molecule has 0 aromatic rings. The molecule has 0 spiro atoms. The van der Waals surface area contributed by atoms with Gasteiger partial charge in [0.1, 0.15) is 0 Å². The number of hydrogen-bond acceptors (Lipinski definition) is 4. The second-order valence-corrected chi connectivity index (χ2v) is 5.24. The Kier molecular flexibility index (Phi) is 9.52. The van der Waals surface area contributed by atoms with Gasteiger partial charge in [0.25, 0.3) is 0 Å². The number of carbonyl (C=O) groups is 1. The van der Waals surface area contributed by atoms with Crippen LogP contribution in [0.2, 0.25) is 0 Å². The predicted molar refractivity (Wildman–Crippen MR) is 62.7 cm³/mol. The number of hydrogen-bond donors (Lipinski definition) is 0. The summed E-state index contributed by atoms with van der Waals surface area (Å²) in [4.78, 5) is 11.2. The van der Waals surface area contributed by atoms with Crippen molar-refractivity contribution in [2.75, 3.05) is 12.4 Å². The number of carbonyl (C=O) groups excluding carboxylic acids is 1. The van der Waals surface area contributed by atoms with Gasteiger partial charge in [0.15, 0.2) is 0 Å². The molecule has 4 nitrogen and oxygen atoms in total. The summed E-state index contributed by atoms with van der Waals surface area (Å²) in [6.07, 6.45) is 3.38. The molecule has 0 radical (unpaired) electrons. The molecule has 5 heteroatoms. The van der Waals surface area contributed by atoms with Gasteiger partial charge in [-0.15, -0.1) is 0 Å². The zero-order valence-corrected chi connectivity index (χ0v) is 10.9. The quantitative estimate of drug-likeness (QED) is 0.356. The van der Waals surface area contributed by atoms with Gasteiger partial charge in [-0.25, -0.2) is 0 Å². The zero-order chi connectivity index (χ0) is 12.4. The van der Waals surface area contributed by atoms with Crippen LogP contribution in [0.5, 0.6) is 0 Å². The summed E-state index contributed by atoms with van der Waals surface area (Å²) in [5.74, 6) is 0.534. The van der Waals surface area contributed by atoms with Crippen LogP contribution in [0.4, 0.5) is 0 Å². The number of ether oxygens (including phenoxy) is 1. The maximum atomic E-state index is 11.2. The van der Waals surface area contributed by atoms with Gasteiger partial charge in [-0.05, 0) is 31.6 Å². The van der Waals surface area contributed by atoms with Gasteiger partial charge in [0.2, 0.25) is 0 Å². The van der Waals surface area contributed by atoms with E-state index in [1.807, 2.05) is 0 Å². The van der Waals surface area contributed by atoms with Crippen LogP contribution >= 0.6 is 0 Å². The fraction of sp³-hybridized carbons (Fsp3) is 0.909. The molecule has 0 rings (SSSR count). The van der Waals surface area contributed by atoms with E-state index in [1.165, 1.54) is 0 Å². The van der Waals surface area contributed by atoms with Crippen LogP contribution in [0, 0.1) is 5.92 Å². The molecule has 0 amide bonds. The monoisotopic (exact) mass is 249 g/mol. The van der Waals surface area contributed by atoms with Crippen molar-refractivity contribution < 1.29 is 18.3 Å². The Hall–Kier alpha value is -0.420. The lowest BCUT2D eigenvalue weighted by Crippen LogP contribution is -2.07. The maximum Gasteiger partial charge on any atom is 0.305 e. The van der Waals surface area contributed by atoms with E-state index in [2.05, 4.69) is 13.8 Å². The lowest BCUT2D eigenvalue weighted by molar-refractivity contribution is -0.143. The van der Waals surface area contributed by atoms with Crippen molar-refractivity contribution in [3.05, 3.63) is 0 Å². The van der Waals surface area contributed by atoms with Crippen LogP contribution in [-0.2, 0) is 20.6 Å². The average molecular weight is 249 g/mol. The minimum absolute atomic E-state index is 0.126. The molecule has 96 valence electrons. The fourth-order valence-electron chi connectivity index (χ4n) is 1.24. The second kappa shape index (κ2) is 9.78. The third-order valence-electron chi connectivity index (χ3n) is 2.13. The minimum Gasteiger partial charge on any atom is -0.772 e. The van der Waals surface area contributed by atoms with Crippen LogP contribution in [0.1, 0.15) is 46.0 Å². The van der Waals surface area contributed by atoms with Crippen molar-refractivity contribution in [1.82, 2.24) is 0 Å². The molecule has 0 saturated heterocycles. The molecule has 0 aliphatic heterocycles. The first-order chi connectivity index (χ1) is 7.52. The highest BCUT2D eigenvalue weighted by atomic mass is 32.2. The van der Waals surface area contributed by atoms with Gasteiger partial charge in [0.05, 0.1) is 6.61 Å². The molecule has 0 fully saturated rings. The Morgan fingerprint density at radius 3 is 2.56 bits per heavy atom. The summed E-state index contributed by atoms with van der Waals surface area (Å²) in [6.45, 7) is 4.74. The topological polar surface area (TPSA) is 66.4 Å². The first-order valence-electron chi connectivity index (χ1n) is 5.74. The van der Waals surface area contributed by atoms with E-state index in [0.717, 1.165) is 12.8 Å². The highest BCUT2D eigenvalue weighted by molar-refractivity contribution is 7.79. The van der Waals surface area contributed by atoms with Crippen molar-refractivity contribution in [2.24, 2.45) is 5.92 Å². The molecule has 1 atom stereocenters. The largest absolute Gasteiger partial charge is 0.772 e. The van der Waals surface area contributed by atoms with Gasteiger partial charge in [0, 0.05) is 12.2 Å². The summed E-state index contributed by atoms with van der Waals surface area (Å²) in [7, 11) is 0. The summed E-state index contributed by atoms with van der Waals surface area (Å²) < 4.78 is 25.4. The Morgan fingerprint density at radius 1 is 1.31 bits per heavy atom. The molecule has 0 N–H and O–H groups in total. The number of rotatable bonds is 9. The smallest absolute Gasteiger partial charge is 0.305 e. The second-order valence-electron chi connectivity index (χ2n) is 4.22. The maximum absolute atomic E-state index is 11.2. The number of esters is 1. The van der Waals surface area contributed by atoms with Crippen LogP contribution in [0.15, 0.2) is 0 Å². The molecule has 0 aliphatic rings. The molecular weight excluding hydrogens is 228 g/mol. The van der Waals surface area contributed by atoms with Gasteiger partial charge in [-0.2, -0.15) is 0 Å². The predicted octanol–water partition coefficient (Wildman–Crippen LogP) is 2.02. The minimum atomic E-state index is -1.99. The Morgan fingerprint density at radius 2 is 2.00 bits per heavy atom. The molecule has 1 unspecified atom stereocenters. The van der Waals surface area contributed by atoms with E-state index >= 15 is 0 Å². The van der Waals surface area contributed by atoms with Crippen molar-refractivity contribution >= 4 is 17.0 Å². The Labute approximate surface area is 100 Å². The van der Waals surface area contributed by atoms with Crippen LogP contribution in [-0.4, -0.2) is 27.1 Å². The van der Waals surface area contributed by atoms with E-state index in [1.54, 1.807) is 0 Å². The molecule has 0 aromatic heterocycles. The van der Waals surface area contributed by atoms with Gasteiger partial charge in [-0.3, -0.25) is 9.00 Å². The van der Waals surface area contributed by atoms with E-state index in [-0.39, 0.29) is 11.7 Å². The van der Waals surface area contributed by atoms with E-state index in [0.29, 0.717) is 31.8 Å². The van der Waals surface area contributed by atoms with E-state index in [9.17, 15) is 13.6 Å². The SMILES string of the molecule is CC(C)CCCOC(=O)CCCCS(=O)[O-]. The van der Waals surface area contributed by atoms with Crippen LogP contribution in [0.25, 0.3) is 0 Å². The highest BCUT2D eigenvalue weighted by Crippen LogP contribution is 2.04. The van der Waals surface area contributed by atoms with Crippen LogP contribution < -0.4 is 0 Å². The third kappa shape index (κ3) is 11.7. The summed E-state index contributed by atoms with van der Waals surface area (Å²) in [6, 6.07) is 0. The molecule has 16 heavy (non-hydrogen) atoms. The normalized spacial score (nSPS) is 12.8. The van der Waals surface area contributed by atoms with E-state index in [4.69, 9.17) is 4.74 Å². The highest BCUT2D eigenvalue weighted by Gasteiger charge is 2.02. The fourth-order valence-corrected chi connectivity index (χ4v) is 1.68. The molecule has 0 bridgehead atoms. The van der Waals surface area contributed by atoms with Crippen molar-refractivity contribution in [3.8, 4) is 0 Å². The summed E-state index contributed by atoms with van der Waals surface area (Å²) >= 11 is -1.99. The van der Waals surface area contributed by atoms with Crippen molar-refractivity contribution in [2.45, 2.75) is 46.0 Å². The summed E-state index contributed by atoms with van der Waals surface area (Å²) in [5.41, 5.74) is 0. The molecule has 0 heterocycles. The molecular formula is C11H21O4S-. The lowest BCUT2D eigenvalue weighted by Gasteiger charge is -2.07. The molecule has 0 saturated carbocycles. The van der Waals surface area contributed by atoms with Gasteiger partial charge < -0.3 is 9.29 Å². The molecule has 0 aromatic carbocycles. The number of unbranched alkanes of at least 4 members (excludes halogenated alkanes) is 1. The molecule has 0 aliphatic carbocycles. The average Bonchev–Trinajstić information content (AvgIpc) is 2.19. The van der Waals surface area contributed by atoms with Crippen LogP contribution in [0.3, 0.4) is 0 Å². The lowest BCUT2D eigenvalue weighted by atomic mass is 10.1. The first kappa shape index (κ1) is 15.6. The Bertz CT molecular complexity index is 216. The third-order valence-corrected chi connectivity index (χ3v) is 2.75. The van der Waals surface area contributed by atoms with Crippen molar-refractivity contribution in [3.63, 3.8) is 0 Å². The first-order valence-corrected chi connectivity index (χ1v) is 6.98. The van der Waals surface area contributed by atoms with Crippen molar-refractivity contribution in [1.29, 1.82) is 0 Å². The van der Waals surface area contributed by atoms with Gasteiger partial charge in [-0.1, -0.05) is 24.9 Å².